The highest BCUT2D eigenvalue weighted by Crippen LogP contribution is 2.24. The maximum atomic E-state index is 13.9. The summed E-state index contributed by atoms with van der Waals surface area (Å²) in [5.41, 5.74) is 1.63. The Balaban J connectivity index is 1.65. The number of aromatic nitrogens is 1. The van der Waals surface area contributed by atoms with Crippen molar-refractivity contribution < 1.29 is 24.1 Å². The summed E-state index contributed by atoms with van der Waals surface area (Å²) in [5, 5.41) is 26.7. The monoisotopic (exact) mass is 474 g/mol. The van der Waals surface area contributed by atoms with Crippen molar-refractivity contribution in [1.29, 1.82) is 0 Å². The van der Waals surface area contributed by atoms with E-state index < -0.39 is 11.7 Å². The van der Waals surface area contributed by atoms with Crippen LogP contribution in [0, 0.1) is 5.82 Å². The molecule has 0 saturated carbocycles. The molecule has 1 heterocycles. The van der Waals surface area contributed by atoms with Crippen molar-refractivity contribution in [1.82, 2.24) is 4.98 Å². The van der Waals surface area contributed by atoms with Crippen molar-refractivity contribution in [2.24, 2.45) is 0 Å². The Bertz CT molecular complexity index is 1080. The summed E-state index contributed by atoms with van der Waals surface area (Å²) in [6, 6.07) is 12.3. The number of ether oxygens (including phenoxy) is 1. The number of hydrogen-bond donors (Lipinski definition) is 5. The summed E-state index contributed by atoms with van der Waals surface area (Å²) >= 11 is 6.27. The van der Waals surface area contributed by atoms with Crippen molar-refractivity contribution in [2.75, 3.05) is 42.3 Å². The minimum atomic E-state index is -0.570. The minimum absolute atomic E-state index is 0.00624. The Morgan fingerprint density at radius 1 is 1.00 bits per heavy atom. The number of aliphatic hydroxyl groups excluding tert-OH is 2. The Labute approximate surface area is 195 Å². The summed E-state index contributed by atoms with van der Waals surface area (Å²) in [6.45, 7) is 0.670. The van der Waals surface area contributed by atoms with Crippen LogP contribution in [0.15, 0.2) is 54.7 Å². The molecule has 1 aromatic heterocycles. The molecule has 174 valence electrons. The molecule has 0 spiro atoms. The second-order valence-electron chi connectivity index (χ2n) is 6.96. The van der Waals surface area contributed by atoms with Crippen LogP contribution in [0.4, 0.5) is 21.6 Å². The molecule has 0 radical (unpaired) electrons. The molecule has 0 aliphatic rings. The number of pyridine rings is 1. The lowest BCUT2D eigenvalue weighted by atomic mass is 10.1. The fourth-order valence-corrected chi connectivity index (χ4v) is 3.08. The molecule has 1 amide bonds. The van der Waals surface area contributed by atoms with Crippen LogP contribution < -0.4 is 20.7 Å². The molecule has 0 saturated heterocycles. The van der Waals surface area contributed by atoms with E-state index in [4.69, 9.17) is 26.6 Å². The summed E-state index contributed by atoms with van der Waals surface area (Å²) in [7, 11) is 0. The molecule has 10 heteroatoms. The largest absolute Gasteiger partial charge is 0.487 e. The topological polar surface area (TPSA) is 116 Å². The Morgan fingerprint density at radius 3 is 2.52 bits per heavy atom. The molecule has 0 unspecified atom stereocenters. The average Bonchev–Trinajstić information content (AvgIpc) is 2.82. The third-order valence-corrected chi connectivity index (χ3v) is 4.82. The zero-order valence-electron chi connectivity index (χ0n) is 17.6. The van der Waals surface area contributed by atoms with Gasteiger partial charge < -0.3 is 30.9 Å². The van der Waals surface area contributed by atoms with Gasteiger partial charge in [-0.1, -0.05) is 11.6 Å². The molecule has 8 nitrogen and oxygen atoms in total. The Kier molecular flexibility index (Phi) is 8.82. The van der Waals surface area contributed by atoms with Gasteiger partial charge in [0, 0.05) is 40.6 Å². The van der Waals surface area contributed by atoms with Crippen molar-refractivity contribution in [3.05, 3.63) is 76.7 Å². The fraction of sp³-hybridized carbons (Fsp3) is 0.217. The number of anilines is 3. The van der Waals surface area contributed by atoms with E-state index in [0.29, 0.717) is 40.1 Å². The number of nitrogens with one attached hydrogen (secondary N) is 3. The molecule has 3 rings (SSSR count). The summed E-state index contributed by atoms with van der Waals surface area (Å²) in [4.78, 5) is 16.8. The number of hydrogen-bond acceptors (Lipinski definition) is 7. The Hall–Kier alpha value is -3.40. The van der Waals surface area contributed by atoms with Crippen LogP contribution in [0.5, 0.6) is 5.75 Å². The van der Waals surface area contributed by atoms with Crippen molar-refractivity contribution >= 4 is 34.7 Å². The summed E-state index contributed by atoms with van der Waals surface area (Å²) in [6.07, 6.45) is 1.55. The van der Waals surface area contributed by atoms with Crippen LogP contribution >= 0.6 is 11.6 Å². The molecule has 33 heavy (non-hydrogen) atoms. The molecule has 0 aliphatic heterocycles. The molecule has 0 atom stereocenters. The molecule has 2 aromatic carbocycles. The predicted molar refractivity (Wildman–Crippen MR) is 126 cm³/mol. The van der Waals surface area contributed by atoms with Gasteiger partial charge >= 0.3 is 0 Å². The van der Waals surface area contributed by atoms with Crippen LogP contribution in [-0.4, -0.2) is 47.4 Å². The second-order valence-corrected chi connectivity index (χ2v) is 7.36. The van der Waals surface area contributed by atoms with Crippen LogP contribution in [-0.2, 0) is 6.61 Å². The van der Waals surface area contributed by atoms with E-state index in [0.717, 1.165) is 6.07 Å². The smallest absolute Gasteiger partial charge is 0.255 e. The molecule has 0 bridgehead atoms. The highest BCUT2D eigenvalue weighted by atomic mass is 35.5. The maximum Gasteiger partial charge on any atom is 0.255 e. The number of benzene rings is 2. The SMILES string of the molecule is O=C(Nc1ccc(Cl)c(COc2ccc(NCCO)nc2)c1)c1cc(F)cc(NCCO)c1. The summed E-state index contributed by atoms with van der Waals surface area (Å²) < 4.78 is 19.6. The van der Waals surface area contributed by atoms with Gasteiger partial charge in [-0.15, -0.1) is 0 Å². The summed E-state index contributed by atoms with van der Waals surface area (Å²) in [5.74, 6) is 0.0781. The molecule has 0 fully saturated rings. The molecule has 5 N–H and O–H groups in total. The number of carbonyl (C=O) groups is 1. The van der Waals surface area contributed by atoms with E-state index in [1.165, 1.54) is 12.1 Å². The van der Waals surface area contributed by atoms with Crippen molar-refractivity contribution in [3.63, 3.8) is 0 Å². The van der Waals surface area contributed by atoms with E-state index in [1.54, 1.807) is 36.5 Å². The first-order chi connectivity index (χ1) is 16.0. The van der Waals surface area contributed by atoms with Crippen LogP contribution in [0.25, 0.3) is 0 Å². The average molecular weight is 475 g/mol. The molecule has 0 aliphatic carbocycles. The zero-order chi connectivity index (χ0) is 23.6. The van der Waals surface area contributed by atoms with Gasteiger partial charge in [0.15, 0.2) is 0 Å². The van der Waals surface area contributed by atoms with Gasteiger partial charge in [-0.05, 0) is 48.5 Å². The normalized spacial score (nSPS) is 10.5. The van der Waals surface area contributed by atoms with Gasteiger partial charge in [0.2, 0.25) is 0 Å². The molecular formula is C23H24ClFN4O4. The minimum Gasteiger partial charge on any atom is -0.487 e. The number of amides is 1. The van der Waals surface area contributed by atoms with Gasteiger partial charge in [-0.3, -0.25) is 4.79 Å². The lowest BCUT2D eigenvalue weighted by Gasteiger charge is -2.12. The van der Waals surface area contributed by atoms with Gasteiger partial charge in [0.05, 0.1) is 19.4 Å². The van der Waals surface area contributed by atoms with Crippen LogP contribution in [0.2, 0.25) is 5.02 Å². The third kappa shape index (κ3) is 7.31. The van der Waals surface area contributed by atoms with E-state index in [1.807, 2.05) is 0 Å². The van der Waals surface area contributed by atoms with Crippen molar-refractivity contribution in [2.45, 2.75) is 6.61 Å². The van der Waals surface area contributed by atoms with Crippen molar-refractivity contribution in [3.8, 4) is 5.75 Å². The first-order valence-corrected chi connectivity index (χ1v) is 10.5. The highest BCUT2D eigenvalue weighted by Gasteiger charge is 2.11. The van der Waals surface area contributed by atoms with Gasteiger partial charge in [-0.25, -0.2) is 9.37 Å². The van der Waals surface area contributed by atoms with E-state index >= 15 is 0 Å². The number of rotatable bonds is 11. The first kappa shape index (κ1) is 24.2. The van der Waals surface area contributed by atoms with Gasteiger partial charge in [0.25, 0.3) is 5.91 Å². The number of nitrogens with zero attached hydrogens (tertiary/aromatic N) is 1. The maximum absolute atomic E-state index is 13.9. The quantitative estimate of drug-likeness (QED) is 0.289. The van der Waals surface area contributed by atoms with Gasteiger partial charge in [0.1, 0.15) is 24.0 Å². The lowest BCUT2D eigenvalue weighted by Crippen LogP contribution is -2.14. The lowest BCUT2D eigenvalue weighted by molar-refractivity contribution is 0.102. The second kappa shape index (κ2) is 12.0. The molecule has 3 aromatic rings. The number of aliphatic hydroxyl groups is 2. The van der Waals surface area contributed by atoms with Crippen LogP contribution in [0.3, 0.4) is 0 Å². The highest BCUT2D eigenvalue weighted by molar-refractivity contribution is 6.31. The third-order valence-electron chi connectivity index (χ3n) is 4.45. The Morgan fingerprint density at radius 2 is 1.79 bits per heavy atom. The van der Waals surface area contributed by atoms with E-state index in [-0.39, 0.29) is 31.9 Å². The first-order valence-electron chi connectivity index (χ1n) is 10.2. The van der Waals surface area contributed by atoms with Crippen LogP contribution in [0.1, 0.15) is 15.9 Å². The molecular weight excluding hydrogens is 451 g/mol. The van der Waals surface area contributed by atoms with E-state index in [9.17, 15) is 9.18 Å². The fourth-order valence-electron chi connectivity index (χ4n) is 2.90. The zero-order valence-corrected chi connectivity index (χ0v) is 18.4. The number of carbonyl (C=O) groups excluding carboxylic acids is 1. The van der Waals surface area contributed by atoms with E-state index in [2.05, 4.69) is 20.9 Å². The predicted octanol–water partition coefficient (Wildman–Crippen LogP) is 3.51. The van der Waals surface area contributed by atoms with Gasteiger partial charge in [-0.2, -0.15) is 0 Å². The standard InChI is InChI=1S/C23H24ClFN4O4/c24-21-3-1-18(29-23(32)15-9-17(25)12-19(10-15)26-5-7-30)11-16(21)14-33-20-2-4-22(28-13-20)27-6-8-31/h1-4,9-13,26,30-31H,5-8,14H2,(H,27,28)(H,29,32). The number of halogens is 2.